The van der Waals surface area contributed by atoms with Gasteiger partial charge in [-0.25, -0.2) is 9.37 Å². The normalized spacial score (nSPS) is 19.3. The van der Waals surface area contributed by atoms with E-state index in [4.69, 9.17) is 0 Å². The van der Waals surface area contributed by atoms with Gasteiger partial charge in [-0.15, -0.1) is 0 Å². The van der Waals surface area contributed by atoms with Gasteiger partial charge in [0, 0.05) is 6.54 Å². The first-order valence-corrected chi connectivity index (χ1v) is 6.30. The van der Waals surface area contributed by atoms with Crippen LogP contribution >= 0.6 is 0 Å². The lowest BCUT2D eigenvalue weighted by Gasteiger charge is -2.12. The van der Waals surface area contributed by atoms with Crippen molar-refractivity contribution in [2.75, 3.05) is 13.1 Å². The molecule has 0 saturated carbocycles. The highest BCUT2D eigenvalue weighted by Crippen LogP contribution is 2.21. The Bertz CT molecular complexity index is 512. The smallest absolute Gasteiger partial charge is 0.123 e. The molecule has 94 valence electrons. The molecule has 1 fully saturated rings. The summed E-state index contributed by atoms with van der Waals surface area (Å²) in [5, 5.41) is 3.37. The summed E-state index contributed by atoms with van der Waals surface area (Å²) in [5.74, 6) is 0.461. The number of benzene rings is 1. The van der Waals surface area contributed by atoms with E-state index in [0.29, 0.717) is 5.92 Å². The van der Waals surface area contributed by atoms with E-state index in [-0.39, 0.29) is 5.82 Å². The Hall–Kier alpha value is -1.68. The van der Waals surface area contributed by atoms with Crippen molar-refractivity contribution in [2.45, 2.75) is 13.0 Å². The van der Waals surface area contributed by atoms with Gasteiger partial charge >= 0.3 is 0 Å². The van der Waals surface area contributed by atoms with Crippen molar-refractivity contribution in [1.29, 1.82) is 0 Å². The molecule has 1 unspecified atom stereocenters. The van der Waals surface area contributed by atoms with Crippen LogP contribution < -0.4 is 5.32 Å². The SMILES string of the molecule is Fc1ccc(-c2cncn2CC2CCNC2)cc1. The summed E-state index contributed by atoms with van der Waals surface area (Å²) in [6.07, 6.45) is 4.91. The number of nitrogens with zero attached hydrogens (tertiary/aromatic N) is 2. The van der Waals surface area contributed by atoms with Gasteiger partial charge in [0.2, 0.25) is 0 Å². The Kier molecular flexibility index (Phi) is 3.11. The van der Waals surface area contributed by atoms with E-state index < -0.39 is 0 Å². The zero-order chi connectivity index (χ0) is 12.4. The molecule has 0 bridgehead atoms. The highest BCUT2D eigenvalue weighted by Gasteiger charge is 2.16. The van der Waals surface area contributed by atoms with E-state index in [2.05, 4.69) is 14.9 Å². The molecule has 0 spiro atoms. The predicted octanol–water partition coefficient (Wildman–Crippen LogP) is 2.30. The Morgan fingerprint density at radius 3 is 2.89 bits per heavy atom. The highest BCUT2D eigenvalue weighted by molar-refractivity contribution is 5.58. The summed E-state index contributed by atoms with van der Waals surface area (Å²) in [4.78, 5) is 4.21. The number of hydrogen-bond acceptors (Lipinski definition) is 2. The maximum absolute atomic E-state index is 12.9. The van der Waals surface area contributed by atoms with Crippen LogP contribution in [0.1, 0.15) is 6.42 Å². The third-order valence-corrected chi connectivity index (χ3v) is 3.47. The molecule has 1 aromatic heterocycles. The van der Waals surface area contributed by atoms with Crippen molar-refractivity contribution in [3.63, 3.8) is 0 Å². The zero-order valence-electron chi connectivity index (χ0n) is 10.1. The summed E-state index contributed by atoms with van der Waals surface area (Å²) >= 11 is 0. The Morgan fingerprint density at radius 2 is 2.17 bits per heavy atom. The van der Waals surface area contributed by atoms with Crippen LogP contribution in [0.4, 0.5) is 4.39 Å². The molecule has 0 amide bonds. The lowest BCUT2D eigenvalue weighted by atomic mass is 10.1. The van der Waals surface area contributed by atoms with Gasteiger partial charge in [-0.05, 0) is 55.3 Å². The van der Waals surface area contributed by atoms with Crippen molar-refractivity contribution in [2.24, 2.45) is 5.92 Å². The molecular formula is C14H16FN3. The van der Waals surface area contributed by atoms with Gasteiger partial charge in [0.05, 0.1) is 18.2 Å². The first-order valence-electron chi connectivity index (χ1n) is 6.30. The maximum atomic E-state index is 12.9. The topological polar surface area (TPSA) is 29.9 Å². The standard InChI is InChI=1S/C14H16FN3/c15-13-3-1-12(2-4-13)14-8-17-10-18(14)9-11-5-6-16-7-11/h1-4,8,10-11,16H,5-7,9H2. The van der Waals surface area contributed by atoms with Crippen LogP contribution in [0.3, 0.4) is 0 Å². The molecule has 4 heteroatoms. The molecule has 3 rings (SSSR count). The fourth-order valence-corrected chi connectivity index (χ4v) is 2.48. The number of imidazole rings is 1. The van der Waals surface area contributed by atoms with Crippen LogP contribution in [0.2, 0.25) is 0 Å². The van der Waals surface area contributed by atoms with Crippen LogP contribution in [0.15, 0.2) is 36.8 Å². The fourth-order valence-electron chi connectivity index (χ4n) is 2.48. The van der Waals surface area contributed by atoms with Gasteiger partial charge in [0.25, 0.3) is 0 Å². The third-order valence-electron chi connectivity index (χ3n) is 3.47. The van der Waals surface area contributed by atoms with Crippen LogP contribution in [0, 0.1) is 11.7 Å². The van der Waals surface area contributed by atoms with Crippen LogP contribution in [0.5, 0.6) is 0 Å². The van der Waals surface area contributed by atoms with Crippen molar-refractivity contribution < 1.29 is 4.39 Å². The molecule has 1 N–H and O–H groups in total. The summed E-state index contributed by atoms with van der Waals surface area (Å²) in [6, 6.07) is 6.58. The molecule has 3 nitrogen and oxygen atoms in total. The largest absolute Gasteiger partial charge is 0.330 e. The molecule has 2 aromatic rings. The maximum Gasteiger partial charge on any atom is 0.123 e. The van der Waals surface area contributed by atoms with E-state index in [0.717, 1.165) is 30.9 Å². The molecule has 1 saturated heterocycles. The van der Waals surface area contributed by atoms with Gasteiger partial charge in [-0.3, -0.25) is 0 Å². The van der Waals surface area contributed by atoms with Crippen LogP contribution in [-0.4, -0.2) is 22.6 Å². The second-order valence-corrected chi connectivity index (χ2v) is 4.80. The first-order chi connectivity index (χ1) is 8.83. The second-order valence-electron chi connectivity index (χ2n) is 4.80. The fraction of sp³-hybridized carbons (Fsp3) is 0.357. The van der Waals surface area contributed by atoms with Crippen molar-refractivity contribution in [1.82, 2.24) is 14.9 Å². The van der Waals surface area contributed by atoms with Gasteiger partial charge in [-0.1, -0.05) is 0 Å². The minimum atomic E-state index is -0.204. The minimum absolute atomic E-state index is 0.204. The monoisotopic (exact) mass is 245 g/mol. The van der Waals surface area contributed by atoms with E-state index in [1.54, 1.807) is 12.1 Å². The second kappa shape index (κ2) is 4.90. The zero-order valence-corrected chi connectivity index (χ0v) is 10.1. The van der Waals surface area contributed by atoms with Crippen LogP contribution in [0.25, 0.3) is 11.3 Å². The van der Waals surface area contributed by atoms with Gasteiger partial charge in [0.1, 0.15) is 5.82 Å². The number of aromatic nitrogens is 2. The Labute approximate surface area is 106 Å². The van der Waals surface area contributed by atoms with Crippen LogP contribution in [-0.2, 0) is 6.54 Å². The highest BCUT2D eigenvalue weighted by atomic mass is 19.1. The molecule has 0 aliphatic carbocycles. The van der Waals surface area contributed by atoms with Crippen molar-refractivity contribution in [3.8, 4) is 11.3 Å². The Morgan fingerprint density at radius 1 is 1.33 bits per heavy atom. The number of nitrogens with one attached hydrogen (secondary N) is 1. The van der Waals surface area contributed by atoms with E-state index in [1.165, 1.54) is 18.6 Å². The van der Waals surface area contributed by atoms with E-state index >= 15 is 0 Å². The average molecular weight is 245 g/mol. The first kappa shape index (κ1) is 11.4. The average Bonchev–Trinajstić information content (AvgIpc) is 3.02. The quantitative estimate of drug-likeness (QED) is 0.899. The molecule has 1 aromatic carbocycles. The molecular weight excluding hydrogens is 229 g/mol. The summed E-state index contributed by atoms with van der Waals surface area (Å²) in [5.41, 5.74) is 2.07. The van der Waals surface area contributed by atoms with E-state index in [9.17, 15) is 4.39 Å². The lowest BCUT2D eigenvalue weighted by molar-refractivity contribution is 0.484. The summed E-state index contributed by atoms with van der Waals surface area (Å²) in [7, 11) is 0. The van der Waals surface area contributed by atoms with Gasteiger partial charge in [0.15, 0.2) is 0 Å². The van der Waals surface area contributed by atoms with Gasteiger partial charge < -0.3 is 9.88 Å². The molecule has 18 heavy (non-hydrogen) atoms. The van der Waals surface area contributed by atoms with Crippen molar-refractivity contribution >= 4 is 0 Å². The molecule has 1 aliphatic heterocycles. The summed E-state index contributed by atoms with van der Waals surface area (Å²) < 4.78 is 15.1. The minimum Gasteiger partial charge on any atom is -0.330 e. The van der Waals surface area contributed by atoms with E-state index in [1.807, 2.05) is 12.5 Å². The number of rotatable bonds is 3. The third kappa shape index (κ3) is 2.29. The van der Waals surface area contributed by atoms with Gasteiger partial charge in [-0.2, -0.15) is 0 Å². The molecule has 0 radical (unpaired) electrons. The molecule has 1 atom stereocenters. The number of halogens is 1. The molecule has 1 aliphatic rings. The summed E-state index contributed by atoms with van der Waals surface area (Å²) in [6.45, 7) is 3.14. The Balaban J connectivity index is 1.84. The van der Waals surface area contributed by atoms with Crippen molar-refractivity contribution in [3.05, 3.63) is 42.6 Å². The predicted molar refractivity (Wildman–Crippen MR) is 68.6 cm³/mol. The number of hydrogen-bond donors (Lipinski definition) is 1. The lowest BCUT2D eigenvalue weighted by Crippen LogP contribution is -2.14. The molecule has 2 heterocycles.